The third-order valence-electron chi connectivity index (χ3n) is 3.12. The fourth-order valence-electron chi connectivity index (χ4n) is 2.12. The minimum atomic E-state index is -0.816. The Labute approximate surface area is 115 Å². The number of halogens is 1. The van der Waals surface area contributed by atoms with Crippen molar-refractivity contribution in [1.82, 2.24) is 0 Å². The van der Waals surface area contributed by atoms with Crippen molar-refractivity contribution in [3.63, 3.8) is 0 Å². The summed E-state index contributed by atoms with van der Waals surface area (Å²) in [4.78, 5) is 12.8. The van der Waals surface area contributed by atoms with Crippen molar-refractivity contribution in [2.45, 2.75) is 12.3 Å². The molecule has 1 aliphatic heterocycles. The number of anilines is 1. The van der Waals surface area contributed by atoms with Crippen LogP contribution in [0.3, 0.4) is 0 Å². The van der Waals surface area contributed by atoms with Gasteiger partial charge in [-0.25, -0.2) is 9.18 Å². The summed E-state index contributed by atoms with van der Waals surface area (Å²) in [5, 5.41) is 9.20. The van der Waals surface area contributed by atoms with Crippen LogP contribution in [0.15, 0.2) is 18.2 Å². The van der Waals surface area contributed by atoms with E-state index in [0.717, 1.165) is 0 Å². The lowest BCUT2D eigenvalue weighted by atomic mass is 10.1. The molecule has 1 saturated heterocycles. The number of carbonyl (C=O) groups excluding carboxylic acids is 1. The molecule has 0 aliphatic carbocycles. The van der Waals surface area contributed by atoms with Gasteiger partial charge < -0.3 is 19.3 Å². The molecule has 0 bridgehead atoms. The zero-order valence-electron chi connectivity index (χ0n) is 11.2. The minimum absolute atomic E-state index is 0.0808. The van der Waals surface area contributed by atoms with E-state index in [4.69, 9.17) is 14.2 Å². The fourth-order valence-corrected chi connectivity index (χ4v) is 2.12. The molecule has 6 nitrogen and oxygen atoms in total. The second-order valence-corrected chi connectivity index (χ2v) is 4.29. The summed E-state index contributed by atoms with van der Waals surface area (Å²) in [5.74, 6) is -0.562. The molecule has 110 valence electrons. The summed E-state index contributed by atoms with van der Waals surface area (Å²) in [6, 6.07) is 3.71. The molecule has 0 aromatic heterocycles. The van der Waals surface area contributed by atoms with Gasteiger partial charge in [0, 0.05) is 19.8 Å². The molecule has 0 spiro atoms. The van der Waals surface area contributed by atoms with Crippen LogP contribution in [0.25, 0.3) is 0 Å². The Morgan fingerprint density at radius 1 is 1.50 bits per heavy atom. The van der Waals surface area contributed by atoms with Crippen molar-refractivity contribution in [3.05, 3.63) is 29.6 Å². The zero-order chi connectivity index (χ0) is 14.7. The van der Waals surface area contributed by atoms with Gasteiger partial charge in [0.2, 0.25) is 0 Å². The molecule has 1 aliphatic rings. The molecule has 2 rings (SSSR count). The number of rotatable bonds is 5. The highest BCUT2D eigenvalue weighted by Gasteiger charge is 2.34. The maximum Gasteiger partial charge on any atom is 0.414 e. The van der Waals surface area contributed by atoms with Gasteiger partial charge in [0.05, 0.1) is 18.3 Å². The summed E-state index contributed by atoms with van der Waals surface area (Å²) in [6.07, 6.45) is -1.42. The van der Waals surface area contributed by atoms with E-state index in [0.29, 0.717) is 5.69 Å². The molecular formula is C13H16FNO5. The molecule has 1 aromatic carbocycles. The van der Waals surface area contributed by atoms with Gasteiger partial charge in [-0.3, -0.25) is 4.90 Å². The fraction of sp³-hybridized carbons (Fsp3) is 0.462. The van der Waals surface area contributed by atoms with Crippen LogP contribution in [0.4, 0.5) is 14.9 Å². The Kier molecular flexibility index (Phi) is 4.53. The average Bonchev–Trinajstić information content (AvgIpc) is 2.82. The van der Waals surface area contributed by atoms with Crippen molar-refractivity contribution in [2.24, 2.45) is 0 Å². The molecular weight excluding hydrogens is 269 g/mol. The highest BCUT2D eigenvalue weighted by molar-refractivity contribution is 5.90. The number of hydrogen-bond donors (Lipinski definition) is 1. The van der Waals surface area contributed by atoms with Gasteiger partial charge in [-0.1, -0.05) is 0 Å². The number of methoxy groups -OCH3 is 2. The van der Waals surface area contributed by atoms with E-state index in [9.17, 15) is 14.3 Å². The lowest BCUT2D eigenvalue weighted by Crippen LogP contribution is -2.36. The molecule has 20 heavy (non-hydrogen) atoms. The first-order chi connectivity index (χ1) is 9.62. The van der Waals surface area contributed by atoms with Crippen molar-refractivity contribution >= 4 is 11.8 Å². The van der Waals surface area contributed by atoms with E-state index < -0.39 is 24.2 Å². The van der Waals surface area contributed by atoms with Crippen molar-refractivity contribution in [1.29, 1.82) is 0 Å². The van der Waals surface area contributed by atoms with E-state index in [1.807, 2.05) is 0 Å². The second kappa shape index (κ2) is 6.17. The predicted octanol–water partition coefficient (Wildman–Crippen LogP) is 1.43. The molecule has 1 atom stereocenters. The van der Waals surface area contributed by atoms with Crippen LogP contribution >= 0.6 is 0 Å². The Balaban J connectivity index is 2.31. The number of amides is 1. The zero-order valence-corrected chi connectivity index (χ0v) is 11.2. The summed E-state index contributed by atoms with van der Waals surface area (Å²) in [7, 11) is 2.81. The molecule has 0 saturated carbocycles. The van der Waals surface area contributed by atoms with Crippen LogP contribution in [-0.2, 0) is 14.2 Å². The van der Waals surface area contributed by atoms with Crippen LogP contribution in [0, 0.1) is 5.82 Å². The van der Waals surface area contributed by atoms with E-state index in [1.165, 1.54) is 31.3 Å². The number of aliphatic hydroxyl groups is 1. The molecule has 1 aromatic rings. The van der Waals surface area contributed by atoms with E-state index in [2.05, 4.69) is 0 Å². The Morgan fingerprint density at radius 2 is 2.20 bits per heavy atom. The van der Waals surface area contributed by atoms with Crippen LogP contribution in [0.1, 0.15) is 11.9 Å². The minimum Gasteiger partial charge on any atom is -0.447 e. The number of carbonyl (C=O) groups is 1. The number of ether oxygens (including phenoxy) is 3. The molecule has 1 fully saturated rings. The van der Waals surface area contributed by atoms with Gasteiger partial charge in [0.25, 0.3) is 0 Å². The first kappa shape index (κ1) is 14.7. The third kappa shape index (κ3) is 2.60. The lowest BCUT2D eigenvalue weighted by Gasteiger charge is -2.21. The first-order valence-electron chi connectivity index (χ1n) is 6.04. The van der Waals surface area contributed by atoms with Gasteiger partial charge >= 0.3 is 6.09 Å². The van der Waals surface area contributed by atoms with Crippen LogP contribution < -0.4 is 4.90 Å². The number of aliphatic hydroxyl groups excluding tert-OH is 1. The van der Waals surface area contributed by atoms with E-state index >= 15 is 0 Å². The summed E-state index contributed by atoms with van der Waals surface area (Å²) >= 11 is 0. The normalized spacial score (nSPS) is 18.8. The number of benzene rings is 1. The Morgan fingerprint density at radius 3 is 2.75 bits per heavy atom. The Bertz CT molecular complexity index is 492. The van der Waals surface area contributed by atoms with Crippen molar-refractivity contribution in [3.8, 4) is 0 Å². The summed E-state index contributed by atoms with van der Waals surface area (Å²) < 4.78 is 28.9. The predicted molar refractivity (Wildman–Crippen MR) is 67.9 cm³/mol. The van der Waals surface area contributed by atoms with Gasteiger partial charge in [-0.2, -0.15) is 0 Å². The average molecular weight is 285 g/mol. The smallest absolute Gasteiger partial charge is 0.414 e. The van der Waals surface area contributed by atoms with Crippen LogP contribution in [-0.4, -0.2) is 44.7 Å². The Hall–Kier alpha value is -1.70. The SMILES string of the molecule is COC(OC)c1ccc(N2C(=O)OCC2CO)cc1F. The first-order valence-corrected chi connectivity index (χ1v) is 6.04. The molecule has 1 heterocycles. The lowest BCUT2D eigenvalue weighted by molar-refractivity contribution is -0.107. The van der Waals surface area contributed by atoms with Gasteiger partial charge in [0.15, 0.2) is 6.29 Å². The quantitative estimate of drug-likeness (QED) is 0.829. The topological polar surface area (TPSA) is 68.2 Å². The standard InChI is InChI=1S/C13H16FNO5/c1-18-12(19-2)10-4-3-8(5-11(10)14)15-9(6-16)7-20-13(15)17/h3-5,9,12,16H,6-7H2,1-2H3. The van der Waals surface area contributed by atoms with Gasteiger partial charge in [-0.05, 0) is 18.2 Å². The monoisotopic (exact) mass is 285 g/mol. The highest BCUT2D eigenvalue weighted by Crippen LogP contribution is 2.28. The van der Waals surface area contributed by atoms with Crippen molar-refractivity contribution < 1.29 is 28.5 Å². The molecule has 1 amide bonds. The molecule has 7 heteroatoms. The third-order valence-corrected chi connectivity index (χ3v) is 3.12. The highest BCUT2D eigenvalue weighted by atomic mass is 19.1. The molecule has 0 radical (unpaired) electrons. The van der Waals surface area contributed by atoms with Crippen LogP contribution in [0.2, 0.25) is 0 Å². The second-order valence-electron chi connectivity index (χ2n) is 4.29. The van der Waals surface area contributed by atoms with Crippen molar-refractivity contribution in [2.75, 3.05) is 32.3 Å². The molecule has 1 N–H and O–H groups in total. The largest absolute Gasteiger partial charge is 0.447 e. The van der Waals surface area contributed by atoms with Gasteiger partial charge in [-0.15, -0.1) is 0 Å². The number of nitrogens with zero attached hydrogens (tertiary/aromatic N) is 1. The van der Waals surface area contributed by atoms with E-state index in [1.54, 1.807) is 6.07 Å². The van der Waals surface area contributed by atoms with E-state index in [-0.39, 0.29) is 18.8 Å². The summed E-state index contributed by atoms with van der Waals surface area (Å²) in [6.45, 7) is -0.175. The maximum atomic E-state index is 14.1. The molecule has 1 unspecified atom stereocenters. The van der Waals surface area contributed by atoms with Gasteiger partial charge in [0.1, 0.15) is 12.4 Å². The van der Waals surface area contributed by atoms with Crippen LogP contribution in [0.5, 0.6) is 0 Å². The summed E-state index contributed by atoms with van der Waals surface area (Å²) in [5.41, 5.74) is 0.547. The maximum absolute atomic E-state index is 14.1. The number of cyclic esters (lactones) is 1. The number of hydrogen-bond acceptors (Lipinski definition) is 5.